The molecule has 2 aliphatic rings. The Morgan fingerprint density at radius 1 is 1.30 bits per heavy atom. The van der Waals surface area contributed by atoms with E-state index in [1.165, 1.54) is 12.0 Å². The van der Waals surface area contributed by atoms with Crippen LogP contribution in [-0.2, 0) is 4.79 Å². The van der Waals surface area contributed by atoms with Crippen LogP contribution in [0.4, 0.5) is 0 Å². The summed E-state index contributed by atoms with van der Waals surface area (Å²) >= 11 is 0. The Morgan fingerprint density at radius 3 is 2.74 bits per heavy atom. The summed E-state index contributed by atoms with van der Waals surface area (Å²) in [4.78, 5) is 14.7. The molecule has 5 heteroatoms. The van der Waals surface area contributed by atoms with Crippen molar-refractivity contribution in [3.8, 4) is 5.75 Å². The van der Waals surface area contributed by atoms with Crippen molar-refractivity contribution in [2.75, 3.05) is 26.7 Å². The lowest BCUT2D eigenvalue weighted by Gasteiger charge is -2.26. The Kier molecular flexibility index (Phi) is 6.72. The van der Waals surface area contributed by atoms with Crippen molar-refractivity contribution < 1.29 is 9.53 Å². The van der Waals surface area contributed by atoms with E-state index < -0.39 is 0 Å². The van der Waals surface area contributed by atoms with E-state index in [9.17, 15) is 4.79 Å². The Hall–Kier alpha value is -1.26. The van der Waals surface area contributed by atoms with Crippen LogP contribution in [0.1, 0.15) is 43.7 Å². The fourth-order valence-electron chi connectivity index (χ4n) is 3.67. The minimum absolute atomic E-state index is 0. The maximum Gasteiger partial charge on any atom is 0.223 e. The lowest BCUT2D eigenvalue weighted by Crippen LogP contribution is -2.30. The number of nitrogens with zero attached hydrogens (tertiary/aromatic N) is 1. The lowest BCUT2D eigenvalue weighted by atomic mass is 10.0. The molecule has 128 valence electrons. The van der Waals surface area contributed by atoms with Crippen molar-refractivity contribution >= 4 is 18.3 Å². The second-order valence-electron chi connectivity index (χ2n) is 6.42. The summed E-state index contributed by atoms with van der Waals surface area (Å²) in [6, 6.07) is 8.41. The van der Waals surface area contributed by atoms with Crippen molar-refractivity contribution in [1.82, 2.24) is 10.2 Å². The zero-order valence-electron chi connectivity index (χ0n) is 13.8. The minimum Gasteiger partial charge on any atom is -0.497 e. The number of nitrogens with one attached hydrogen (secondary N) is 1. The van der Waals surface area contributed by atoms with Gasteiger partial charge in [0.2, 0.25) is 5.91 Å². The van der Waals surface area contributed by atoms with Crippen molar-refractivity contribution in [1.29, 1.82) is 0 Å². The fraction of sp³-hybridized carbons (Fsp3) is 0.611. The molecule has 1 aromatic rings. The normalized spacial score (nSPS) is 23.6. The maximum absolute atomic E-state index is 12.6. The first-order chi connectivity index (χ1) is 10.8. The molecule has 0 aromatic heterocycles. The van der Waals surface area contributed by atoms with E-state index in [0.29, 0.717) is 18.2 Å². The van der Waals surface area contributed by atoms with Gasteiger partial charge in [0.25, 0.3) is 0 Å². The van der Waals surface area contributed by atoms with Gasteiger partial charge in [-0.05, 0) is 62.4 Å². The van der Waals surface area contributed by atoms with E-state index in [1.807, 2.05) is 12.1 Å². The van der Waals surface area contributed by atoms with Crippen LogP contribution in [0.2, 0.25) is 0 Å². The molecule has 3 rings (SSSR count). The molecule has 4 nitrogen and oxygen atoms in total. The molecule has 2 unspecified atom stereocenters. The molecule has 2 heterocycles. The SMILES string of the molecule is COc1ccc(C2CCCN2C(=O)CCC2CCNC2)cc1.Cl. The van der Waals surface area contributed by atoms with Gasteiger partial charge in [-0.25, -0.2) is 0 Å². The number of ether oxygens (including phenoxy) is 1. The Labute approximate surface area is 145 Å². The summed E-state index contributed by atoms with van der Waals surface area (Å²) < 4.78 is 5.22. The standard InChI is InChI=1S/C18H26N2O2.ClH/c1-22-16-7-5-15(6-8-16)17-3-2-12-20(17)18(21)9-4-14-10-11-19-13-14;/h5-8,14,17,19H,2-4,9-13H2,1H3;1H. The van der Waals surface area contributed by atoms with E-state index in [2.05, 4.69) is 22.3 Å². The van der Waals surface area contributed by atoms with Gasteiger partial charge in [0.15, 0.2) is 0 Å². The van der Waals surface area contributed by atoms with Gasteiger partial charge < -0.3 is 15.0 Å². The second kappa shape index (κ2) is 8.55. The van der Waals surface area contributed by atoms with Gasteiger partial charge in [-0.1, -0.05) is 12.1 Å². The van der Waals surface area contributed by atoms with Crippen molar-refractivity contribution in [2.24, 2.45) is 5.92 Å². The largest absolute Gasteiger partial charge is 0.497 e. The van der Waals surface area contributed by atoms with E-state index >= 15 is 0 Å². The number of carbonyl (C=O) groups is 1. The molecule has 0 saturated carbocycles. The van der Waals surface area contributed by atoms with Crippen LogP contribution in [0.3, 0.4) is 0 Å². The number of hydrogen-bond acceptors (Lipinski definition) is 3. The molecule has 2 saturated heterocycles. The van der Waals surface area contributed by atoms with Crippen LogP contribution in [0.25, 0.3) is 0 Å². The second-order valence-corrected chi connectivity index (χ2v) is 6.42. The average molecular weight is 339 g/mol. The highest BCUT2D eigenvalue weighted by atomic mass is 35.5. The highest BCUT2D eigenvalue weighted by Gasteiger charge is 2.30. The molecule has 23 heavy (non-hydrogen) atoms. The molecule has 1 N–H and O–H groups in total. The summed E-state index contributed by atoms with van der Waals surface area (Å²) in [5.74, 6) is 1.88. The summed E-state index contributed by atoms with van der Waals surface area (Å²) in [6.07, 6.45) is 5.11. The molecular formula is C18H27ClN2O2. The first-order valence-corrected chi connectivity index (χ1v) is 8.42. The zero-order chi connectivity index (χ0) is 15.4. The van der Waals surface area contributed by atoms with Gasteiger partial charge in [-0.3, -0.25) is 4.79 Å². The minimum atomic E-state index is 0. The summed E-state index contributed by atoms with van der Waals surface area (Å²) in [7, 11) is 1.68. The third-order valence-corrected chi connectivity index (χ3v) is 5.00. The highest BCUT2D eigenvalue weighted by molar-refractivity contribution is 5.85. The molecule has 0 aliphatic carbocycles. The number of hydrogen-bond donors (Lipinski definition) is 1. The van der Waals surface area contributed by atoms with Crippen LogP contribution in [0.15, 0.2) is 24.3 Å². The van der Waals surface area contributed by atoms with E-state index in [4.69, 9.17) is 4.74 Å². The number of methoxy groups -OCH3 is 1. The van der Waals surface area contributed by atoms with Crippen LogP contribution >= 0.6 is 12.4 Å². The number of amides is 1. The number of carbonyl (C=O) groups excluding carboxylic acids is 1. The number of rotatable bonds is 5. The molecule has 0 bridgehead atoms. The van der Waals surface area contributed by atoms with Gasteiger partial charge in [0.1, 0.15) is 5.75 Å². The predicted octanol–water partition coefficient (Wildman–Crippen LogP) is 3.17. The lowest BCUT2D eigenvalue weighted by molar-refractivity contribution is -0.132. The monoisotopic (exact) mass is 338 g/mol. The Morgan fingerprint density at radius 2 is 2.09 bits per heavy atom. The van der Waals surface area contributed by atoms with E-state index in [0.717, 1.165) is 44.6 Å². The third kappa shape index (κ3) is 4.39. The molecule has 1 aromatic carbocycles. The molecule has 2 fully saturated rings. The van der Waals surface area contributed by atoms with Gasteiger partial charge >= 0.3 is 0 Å². The number of likely N-dealkylation sites (tertiary alicyclic amines) is 1. The highest BCUT2D eigenvalue weighted by Crippen LogP contribution is 2.33. The van der Waals surface area contributed by atoms with Crippen molar-refractivity contribution in [2.45, 2.75) is 38.1 Å². The zero-order valence-corrected chi connectivity index (χ0v) is 14.6. The number of halogens is 1. The fourth-order valence-corrected chi connectivity index (χ4v) is 3.67. The summed E-state index contributed by atoms with van der Waals surface area (Å²) in [5.41, 5.74) is 1.23. The molecule has 1 amide bonds. The molecule has 0 spiro atoms. The van der Waals surface area contributed by atoms with Crippen molar-refractivity contribution in [3.05, 3.63) is 29.8 Å². The van der Waals surface area contributed by atoms with E-state index in [1.54, 1.807) is 7.11 Å². The molecule has 2 aliphatic heterocycles. The smallest absolute Gasteiger partial charge is 0.223 e. The van der Waals surface area contributed by atoms with Gasteiger partial charge in [-0.2, -0.15) is 0 Å². The molecular weight excluding hydrogens is 312 g/mol. The van der Waals surface area contributed by atoms with Gasteiger partial charge in [0, 0.05) is 13.0 Å². The van der Waals surface area contributed by atoms with Crippen LogP contribution in [0.5, 0.6) is 5.75 Å². The summed E-state index contributed by atoms with van der Waals surface area (Å²) in [5, 5.41) is 3.37. The van der Waals surface area contributed by atoms with Crippen LogP contribution in [-0.4, -0.2) is 37.6 Å². The maximum atomic E-state index is 12.6. The summed E-state index contributed by atoms with van der Waals surface area (Å²) in [6.45, 7) is 3.09. The topological polar surface area (TPSA) is 41.6 Å². The quantitative estimate of drug-likeness (QED) is 0.896. The Bertz CT molecular complexity index is 500. The van der Waals surface area contributed by atoms with Crippen LogP contribution in [0, 0.1) is 5.92 Å². The Balaban J connectivity index is 0.00000192. The van der Waals surface area contributed by atoms with Crippen molar-refractivity contribution in [3.63, 3.8) is 0 Å². The molecule has 0 radical (unpaired) electrons. The van der Waals surface area contributed by atoms with Gasteiger partial charge in [-0.15, -0.1) is 12.4 Å². The third-order valence-electron chi connectivity index (χ3n) is 5.00. The van der Waals surface area contributed by atoms with Crippen LogP contribution < -0.4 is 10.1 Å². The first kappa shape index (κ1) is 18.1. The average Bonchev–Trinajstić information content (AvgIpc) is 3.24. The predicted molar refractivity (Wildman–Crippen MR) is 94.1 cm³/mol. The van der Waals surface area contributed by atoms with Gasteiger partial charge in [0.05, 0.1) is 13.2 Å². The first-order valence-electron chi connectivity index (χ1n) is 8.42. The number of benzene rings is 1. The van der Waals surface area contributed by atoms with E-state index in [-0.39, 0.29) is 18.4 Å². The molecule has 2 atom stereocenters.